The summed E-state index contributed by atoms with van der Waals surface area (Å²) in [6.07, 6.45) is 0. The molecule has 0 aromatic carbocycles. The van der Waals surface area contributed by atoms with Crippen LogP contribution in [0.3, 0.4) is 0 Å². The largest absolute Gasteiger partial charge is 0.373 e. The van der Waals surface area contributed by atoms with Crippen LogP contribution < -0.4 is 5.32 Å². The van der Waals surface area contributed by atoms with Crippen LogP contribution in [0.15, 0.2) is 4.99 Å². The number of nitrogens with one attached hydrogen (secondary N) is 1. The molecule has 1 rings (SSSR count). The van der Waals surface area contributed by atoms with E-state index in [4.69, 9.17) is 0 Å². The summed E-state index contributed by atoms with van der Waals surface area (Å²) in [6.45, 7) is 4.04. The zero-order chi connectivity index (χ0) is 4.41. The van der Waals surface area contributed by atoms with Gasteiger partial charge in [-0.3, -0.25) is 4.99 Å². The quantitative estimate of drug-likeness (QED) is 0.475. The van der Waals surface area contributed by atoms with Crippen LogP contribution in [0, 0.1) is 0 Å². The molecular weight excluding hydrogens is 76.1 g/mol. The van der Waals surface area contributed by atoms with Crippen LogP contribution in [0.4, 0.5) is 0 Å². The van der Waals surface area contributed by atoms with E-state index in [9.17, 15) is 0 Å². The van der Waals surface area contributed by atoms with Gasteiger partial charge in [0.25, 0.3) is 0 Å². The van der Waals surface area contributed by atoms with Crippen LogP contribution in [-0.2, 0) is 0 Å². The number of likely N-dealkylation sites (N-methyl/N-ethyl adjacent to an activating group) is 1. The van der Waals surface area contributed by atoms with Gasteiger partial charge in [-0.25, -0.2) is 0 Å². The van der Waals surface area contributed by atoms with Gasteiger partial charge in [0.15, 0.2) is 0 Å². The van der Waals surface area contributed by atoms with Gasteiger partial charge < -0.3 is 5.32 Å². The minimum atomic E-state index is 0.952. The summed E-state index contributed by atoms with van der Waals surface area (Å²) in [6, 6.07) is 0. The minimum absolute atomic E-state index is 0.952. The van der Waals surface area contributed by atoms with Crippen molar-refractivity contribution in [3.8, 4) is 0 Å². The molecule has 0 spiro atoms. The Labute approximate surface area is 37.3 Å². The van der Waals surface area contributed by atoms with Crippen molar-refractivity contribution in [3.63, 3.8) is 0 Å². The summed E-state index contributed by atoms with van der Waals surface area (Å²) in [5.74, 6) is 1.16. The van der Waals surface area contributed by atoms with Gasteiger partial charge in [0.1, 0.15) is 5.84 Å². The maximum absolute atomic E-state index is 3.90. The van der Waals surface area contributed by atoms with Gasteiger partial charge in [-0.1, -0.05) is 0 Å². The molecule has 34 valence electrons. The van der Waals surface area contributed by atoms with Crippen molar-refractivity contribution in [2.45, 2.75) is 6.92 Å². The standard InChI is InChI=1S/C4H8N2/c1-2-5-4-3-6-4/h2-3H2,1H3,(H,5,6). The second kappa shape index (κ2) is 1.29. The Morgan fingerprint density at radius 1 is 2.00 bits per heavy atom. The molecule has 0 aliphatic carbocycles. The van der Waals surface area contributed by atoms with Crippen LogP contribution in [-0.4, -0.2) is 18.9 Å². The van der Waals surface area contributed by atoms with E-state index in [0.29, 0.717) is 0 Å². The van der Waals surface area contributed by atoms with Crippen LogP contribution in [0.5, 0.6) is 0 Å². The Hall–Kier alpha value is -0.530. The Balaban J connectivity index is 2.02. The fourth-order valence-corrected chi connectivity index (χ4v) is 0.355. The zero-order valence-corrected chi connectivity index (χ0v) is 3.86. The summed E-state index contributed by atoms with van der Waals surface area (Å²) >= 11 is 0. The molecule has 1 N–H and O–H groups in total. The third-order valence-electron chi connectivity index (χ3n) is 0.697. The Bertz CT molecular complexity index is 75.6. The van der Waals surface area contributed by atoms with Gasteiger partial charge in [-0.2, -0.15) is 0 Å². The molecule has 1 aliphatic rings. The Morgan fingerprint density at radius 3 is 2.83 bits per heavy atom. The first-order valence-electron chi connectivity index (χ1n) is 2.20. The van der Waals surface area contributed by atoms with E-state index in [1.54, 1.807) is 0 Å². The van der Waals surface area contributed by atoms with Gasteiger partial charge in [-0.15, -0.1) is 0 Å². The second-order valence-corrected chi connectivity index (χ2v) is 1.29. The lowest BCUT2D eigenvalue weighted by molar-refractivity contribution is 0.984. The lowest BCUT2D eigenvalue weighted by Crippen LogP contribution is -2.14. The number of rotatable bonds is 1. The average molecular weight is 84.1 g/mol. The van der Waals surface area contributed by atoms with Gasteiger partial charge in [0, 0.05) is 6.54 Å². The maximum Gasteiger partial charge on any atom is 0.119 e. The van der Waals surface area contributed by atoms with E-state index in [1.807, 2.05) is 0 Å². The van der Waals surface area contributed by atoms with Gasteiger partial charge >= 0.3 is 0 Å². The summed E-state index contributed by atoms with van der Waals surface area (Å²) in [7, 11) is 0. The smallest absolute Gasteiger partial charge is 0.119 e. The number of hydrogen-bond donors (Lipinski definition) is 1. The number of hydrogen-bond acceptors (Lipinski definition) is 2. The third kappa shape index (κ3) is 0.708. The summed E-state index contributed by atoms with van der Waals surface area (Å²) in [5.41, 5.74) is 0. The van der Waals surface area contributed by atoms with E-state index in [1.165, 1.54) is 0 Å². The molecule has 0 bridgehead atoms. The highest BCUT2D eigenvalue weighted by atomic mass is 15.1. The SMILES string of the molecule is CCNC1=NC1. The molecule has 0 aromatic rings. The van der Waals surface area contributed by atoms with Crippen molar-refractivity contribution in [2.24, 2.45) is 4.99 Å². The van der Waals surface area contributed by atoms with Crippen molar-refractivity contribution >= 4 is 5.84 Å². The number of aliphatic imine (C=N–C) groups is 1. The van der Waals surface area contributed by atoms with Crippen LogP contribution in [0.25, 0.3) is 0 Å². The molecule has 0 saturated carbocycles. The van der Waals surface area contributed by atoms with E-state index < -0.39 is 0 Å². The highest BCUT2D eigenvalue weighted by Gasteiger charge is 2.04. The van der Waals surface area contributed by atoms with E-state index in [2.05, 4.69) is 17.2 Å². The van der Waals surface area contributed by atoms with Crippen molar-refractivity contribution in [1.82, 2.24) is 5.32 Å². The van der Waals surface area contributed by atoms with Gasteiger partial charge in [0.2, 0.25) is 0 Å². The third-order valence-corrected chi connectivity index (χ3v) is 0.697. The van der Waals surface area contributed by atoms with Crippen molar-refractivity contribution < 1.29 is 0 Å². The van der Waals surface area contributed by atoms with E-state index >= 15 is 0 Å². The van der Waals surface area contributed by atoms with E-state index in [0.717, 1.165) is 18.9 Å². The molecule has 1 heterocycles. The summed E-state index contributed by atoms with van der Waals surface area (Å²) in [4.78, 5) is 3.90. The predicted octanol–water partition coefficient (Wildman–Crippen LogP) is 0.00800. The predicted molar refractivity (Wildman–Crippen MR) is 26.0 cm³/mol. The topological polar surface area (TPSA) is 24.4 Å². The highest BCUT2D eigenvalue weighted by Crippen LogP contribution is 1.88. The Kier molecular flexibility index (Phi) is 0.783. The summed E-state index contributed by atoms with van der Waals surface area (Å²) in [5, 5.41) is 3.07. The average Bonchev–Trinajstić information content (AvgIpc) is 2.21. The van der Waals surface area contributed by atoms with Crippen molar-refractivity contribution in [3.05, 3.63) is 0 Å². The molecule has 0 atom stereocenters. The van der Waals surface area contributed by atoms with Crippen LogP contribution in [0.2, 0.25) is 0 Å². The molecule has 2 nitrogen and oxygen atoms in total. The maximum atomic E-state index is 3.90. The second-order valence-electron chi connectivity index (χ2n) is 1.29. The Morgan fingerprint density at radius 2 is 2.67 bits per heavy atom. The van der Waals surface area contributed by atoms with Crippen molar-refractivity contribution in [1.29, 1.82) is 0 Å². The summed E-state index contributed by atoms with van der Waals surface area (Å²) < 4.78 is 0. The molecule has 2 heteroatoms. The van der Waals surface area contributed by atoms with Gasteiger partial charge in [0.05, 0.1) is 6.54 Å². The zero-order valence-electron chi connectivity index (χ0n) is 3.86. The molecule has 0 aromatic heterocycles. The molecule has 0 saturated heterocycles. The number of amidine groups is 1. The van der Waals surface area contributed by atoms with Crippen molar-refractivity contribution in [2.75, 3.05) is 13.1 Å². The van der Waals surface area contributed by atoms with E-state index in [-0.39, 0.29) is 0 Å². The molecule has 0 fully saturated rings. The highest BCUT2D eigenvalue weighted by molar-refractivity contribution is 5.94. The number of nitrogens with zero attached hydrogens (tertiary/aromatic N) is 1. The molecule has 0 unspecified atom stereocenters. The first-order valence-corrected chi connectivity index (χ1v) is 2.20. The van der Waals surface area contributed by atoms with Crippen LogP contribution in [0.1, 0.15) is 6.92 Å². The molecule has 6 heavy (non-hydrogen) atoms. The minimum Gasteiger partial charge on any atom is -0.373 e. The fourth-order valence-electron chi connectivity index (χ4n) is 0.355. The molecule has 0 radical (unpaired) electrons. The molecule has 1 aliphatic heterocycles. The first-order chi connectivity index (χ1) is 2.93. The van der Waals surface area contributed by atoms with Gasteiger partial charge in [-0.05, 0) is 6.92 Å². The normalized spacial score (nSPS) is 16.5. The fraction of sp³-hybridized carbons (Fsp3) is 0.750. The lowest BCUT2D eigenvalue weighted by Gasteiger charge is -1.85. The first kappa shape index (κ1) is 3.65. The molecular formula is C4H8N2. The lowest BCUT2D eigenvalue weighted by atomic mass is 10.7. The monoisotopic (exact) mass is 84.1 g/mol. The molecule has 0 amide bonds. The van der Waals surface area contributed by atoms with Crippen LogP contribution >= 0.6 is 0 Å².